The highest BCUT2D eigenvalue weighted by molar-refractivity contribution is 5.96. The Bertz CT molecular complexity index is 1990. The maximum absolute atomic E-state index is 13.6. The van der Waals surface area contributed by atoms with Crippen molar-refractivity contribution in [1.82, 2.24) is 20.9 Å². The number of aliphatic hydroxyl groups excluding tert-OH is 2. The summed E-state index contributed by atoms with van der Waals surface area (Å²) in [5, 5.41) is 37.2. The number of nitrogens with zero attached hydrogens (tertiary/aromatic N) is 1. The van der Waals surface area contributed by atoms with Gasteiger partial charge in [-0.15, -0.1) is 38.7 Å². The molecule has 76 heavy (non-hydrogen) atoms. The summed E-state index contributed by atoms with van der Waals surface area (Å²) in [7, 11) is 0. The molecule has 0 bridgehead atoms. The Morgan fingerprint density at radius 2 is 1.14 bits per heavy atom. The van der Waals surface area contributed by atoms with Crippen LogP contribution in [0.25, 0.3) is 0 Å². The van der Waals surface area contributed by atoms with Gasteiger partial charge in [0.1, 0.15) is 28.3 Å². The first-order valence-corrected chi connectivity index (χ1v) is 25.8. The number of allylic oxidation sites excluding steroid dienone is 2. The number of likely N-dealkylation sites (tertiary alicyclic amines) is 1. The fourth-order valence-corrected chi connectivity index (χ4v) is 8.31. The van der Waals surface area contributed by atoms with Crippen LogP contribution < -0.4 is 16.0 Å². The Labute approximate surface area is 454 Å². The molecule has 0 unspecified atom stereocenters. The Balaban J connectivity index is 0.000000624. The number of carboxylic acids is 1. The molecular weight excluding hydrogens is 1010 g/mol. The van der Waals surface area contributed by atoms with Gasteiger partial charge in [0.25, 0.3) is 0 Å². The van der Waals surface area contributed by atoms with E-state index in [2.05, 4.69) is 42.3 Å². The van der Waals surface area contributed by atoms with Crippen molar-refractivity contribution >= 4 is 60.0 Å². The van der Waals surface area contributed by atoms with Gasteiger partial charge in [-0.3, -0.25) is 28.8 Å². The summed E-state index contributed by atoms with van der Waals surface area (Å²) in [6, 6.07) is -1.46. The van der Waals surface area contributed by atoms with E-state index in [4.69, 9.17) is 33.5 Å². The Morgan fingerprint density at radius 3 is 1.53 bits per heavy atom. The predicted octanol–water partition coefficient (Wildman–Crippen LogP) is 4.06. The van der Waals surface area contributed by atoms with E-state index in [1.165, 1.54) is 4.90 Å². The van der Waals surface area contributed by atoms with Gasteiger partial charge in [-0.25, -0.2) is 9.59 Å². The van der Waals surface area contributed by atoms with Crippen LogP contribution in [0.15, 0.2) is 50.6 Å². The van der Waals surface area contributed by atoms with E-state index in [1.807, 2.05) is 0 Å². The molecule has 2 saturated heterocycles. The minimum Gasteiger partial charge on any atom is -0.481 e. The van der Waals surface area contributed by atoms with E-state index in [9.17, 15) is 48.6 Å². The summed E-state index contributed by atoms with van der Waals surface area (Å²) in [6.07, 6.45) is 9.28. The molecule has 0 aromatic rings. The standard InChI is InChI=1S/C27H42N2O8.C14H24O5.C13H20N2O4.ClH/c1-7-10-11-12-35-17-18(13-22(31)37-26(4,5)6)24(33)29-16-20(30)14-21(29)23(32)28-27(15-19(27)8-2)25(34)36-9-3;1-5-6-7-8-18-10-11(13(16)17)9-12(15)19-14(2,3)4;1-3-8-6-13(8,12(18)19-4-2)15-11(17)10-5-9(16)7-14-10;/h7-8,18-21,30H,1-2,9-17H2,3-6H3,(H,28,32);5,11H,1,6-10H2,2-4H3,(H,16,17);3,8-10,14,16H,1,4-7H2,2H3,(H,15,17);1H/t18-,19+,20+,21-,27+;11-;8-,9-,10+,13-;/m001./s1. The number of carbonyl (C=O) groups excluding carboxylic acids is 7. The lowest BCUT2D eigenvalue weighted by atomic mass is 10.0. The minimum absolute atomic E-state index is 0. The van der Waals surface area contributed by atoms with Gasteiger partial charge in [0.05, 0.1) is 69.4 Å². The lowest BCUT2D eigenvalue weighted by molar-refractivity contribution is -0.161. The summed E-state index contributed by atoms with van der Waals surface area (Å²) in [4.78, 5) is 99.9. The van der Waals surface area contributed by atoms with E-state index >= 15 is 0 Å². The molecule has 3 amide bonds. The number of aliphatic carboxylic acids is 1. The zero-order chi connectivity index (χ0) is 56.7. The van der Waals surface area contributed by atoms with Crippen molar-refractivity contribution in [2.45, 2.75) is 166 Å². The monoisotopic (exact) mass is 1100 g/mol. The number of carbonyl (C=O) groups is 8. The third-order valence-corrected chi connectivity index (χ3v) is 12.3. The number of carboxylic acid groups (broad SMARTS) is 1. The first kappa shape index (κ1) is 68.8. The molecule has 22 heteroatoms. The SMILES string of the molecule is C=CCCCOC[C@H](CC(=O)OC(C)(C)C)C(=O)N1C[C@H](O)C[C@H]1C(=O)N[C@]1(C(=O)OCC)C[C@H]1C=C.C=CCCCOC[C@H](CC(=O)OC(C)(C)C)C(=O)O.C=C[C@@H]1C[C@]1(NC(=O)[C@@H]1C[C@@H](O)CN1)C(=O)OCC.Cl. The summed E-state index contributed by atoms with van der Waals surface area (Å²) in [6.45, 7) is 30.0. The van der Waals surface area contributed by atoms with Gasteiger partial charge in [-0.1, -0.05) is 24.3 Å². The number of hydrogen-bond donors (Lipinski definition) is 6. The summed E-state index contributed by atoms with van der Waals surface area (Å²) in [5.74, 6) is -6.55. The summed E-state index contributed by atoms with van der Waals surface area (Å²) in [5.41, 5.74) is -3.51. The molecule has 2 heterocycles. The molecule has 4 fully saturated rings. The molecule has 21 nitrogen and oxygen atoms in total. The van der Waals surface area contributed by atoms with Crippen LogP contribution >= 0.6 is 12.4 Å². The third-order valence-electron chi connectivity index (χ3n) is 12.3. The van der Waals surface area contributed by atoms with Gasteiger partial charge in [0.2, 0.25) is 17.7 Å². The number of hydrogen-bond acceptors (Lipinski definition) is 17. The van der Waals surface area contributed by atoms with Crippen molar-refractivity contribution in [2.24, 2.45) is 23.7 Å². The smallest absolute Gasteiger partial charge is 0.332 e. The van der Waals surface area contributed by atoms with Crippen molar-refractivity contribution in [3.05, 3.63) is 50.6 Å². The molecule has 10 atom stereocenters. The predicted molar refractivity (Wildman–Crippen MR) is 283 cm³/mol. The number of halogens is 1. The second-order valence-corrected chi connectivity index (χ2v) is 21.0. The molecule has 4 aliphatic rings. The number of β-amino-alcohol motifs (C(OH)–C–C–N with tert-alkyl or cyclic N) is 2. The van der Waals surface area contributed by atoms with Crippen LogP contribution in [0.5, 0.6) is 0 Å². The quantitative estimate of drug-likeness (QED) is 0.0279. The Morgan fingerprint density at radius 1 is 0.697 bits per heavy atom. The van der Waals surface area contributed by atoms with Gasteiger partial charge in [-0.2, -0.15) is 0 Å². The average Bonchev–Trinajstić information content (AvgIpc) is 4.11. The fourth-order valence-electron chi connectivity index (χ4n) is 8.31. The highest BCUT2D eigenvalue weighted by atomic mass is 35.5. The van der Waals surface area contributed by atoms with Gasteiger partial charge in [0, 0.05) is 44.6 Å². The van der Waals surface area contributed by atoms with Crippen molar-refractivity contribution in [3.8, 4) is 0 Å². The molecule has 432 valence electrons. The molecule has 2 aliphatic carbocycles. The lowest BCUT2D eigenvalue weighted by Crippen LogP contribution is -2.54. The maximum Gasteiger partial charge on any atom is 0.332 e. The molecule has 2 aliphatic heterocycles. The number of aliphatic hydroxyl groups is 2. The Hall–Kier alpha value is -5.19. The first-order chi connectivity index (χ1) is 35.2. The minimum atomic E-state index is -1.22. The van der Waals surface area contributed by atoms with Crippen molar-refractivity contribution in [1.29, 1.82) is 0 Å². The average molecular weight is 1100 g/mol. The van der Waals surface area contributed by atoms with E-state index in [1.54, 1.807) is 79.7 Å². The molecule has 2 saturated carbocycles. The van der Waals surface area contributed by atoms with Crippen LogP contribution in [-0.4, -0.2) is 167 Å². The van der Waals surface area contributed by atoms with Gasteiger partial charge in [0.15, 0.2) is 0 Å². The Kier molecular flexibility index (Phi) is 29.5. The van der Waals surface area contributed by atoms with Crippen LogP contribution in [0.4, 0.5) is 0 Å². The summed E-state index contributed by atoms with van der Waals surface area (Å²) < 4.78 is 31.6. The van der Waals surface area contributed by atoms with Crippen LogP contribution in [0.3, 0.4) is 0 Å². The fraction of sp³-hybridized carbons (Fsp3) is 0.704. The number of ether oxygens (including phenoxy) is 6. The van der Waals surface area contributed by atoms with Gasteiger partial charge < -0.3 is 64.6 Å². The molecule has 0 aromatic heterocycles. The van der Waals surface area contributed by atoms with Crippen molar-refractivity contribution in [2.75, 3.05) is 52.7 Å². The van der Waals surface area contributed by atoms with Crippen molar-refractivity contribution in [3.63, 3.8) is 0 Å². The van der Waals surface area contributed by atoms with E-state index in [-0.39, 0.29) is 82.4 Å². The highest BCUT2D eigenvalue weighted by Crippen LogP contribution is 2.46. The third kappa shape index (κ3) is 22.8. The van der Waals surface area contributed by atoms with Crippen molar-refractivity contribution < 1.29 is 82.1 Å². The number of unbranched alkanes of at least 4 members (excludes halogenated alkanes) is 2. The molecule has 6 N–H and O–H groups in total. The van der Waals surface area contributed by atoms with E-state index in [0.717, 1.165) is 19.3 Å². The molecule has 4 rings (SSSR count). The highest BCUT2D eigenvalue weighted by Gasteiger charge is 2.63. The molecular formula is C54H87ClN4O17. The molecule has 0 aromatic carbocycles. The van der Waals surface area contributed by atoms with Crippen LogP contribution in [-0.2, 0) is 66.8 Å². The summed E-state index contributed by atoms with van der Waals surface area (Å²) >= 11 is 0. The lowest BCUT2D eigenvalue weighted by Gasteiger charge is -2.29. The second kappa shape index (κ2) is 32.5. The zero-order valence-electron chi connectivity index (χ0n) is 45.9. The molecule has 0 spiro atoms. The largest absolute Gasteiger partial charge is 0.481 e. The number of amides is 3. The van der Waals surface area contributed by atoms with E-state index < -0.39 is 100 Å². The zero-order valence-corrected chi connectivity index (χ0v) is 46.7. The van der Waals surface area contributed by atoms with Crippen LogP contribution in [0.1, 0.15) is 120 Å². The van der Waals surface area contributed by atoms with Crippen LogP contribution in [0.2, 0.25) is 0 Å². The normalized spacial score (nSPS) is 24.8. The van der Waals surface area contributed by atoms with Gasteiger partial charge in [-0.05, 0) is 100 Å². The van der Waals surface area contributed by atoms with E-state index in [0.29, 0.717) is 45.4 Å². The second-order valence-electron chi connectivity index (χ2n) is 21.0. The number of rotatable bonds is 28. The number of nitrogens with one attached hydrogen (secondary N) is 3. The first-order valence-electron chi connectivity index (χ1n) is 25.8. The topological polar surface area (TPSA) is 292 Å². The number of esters is 4. The molecule has 0 radical (unpaired) electrons. The maximum atomic E-state index is 13.6. The van der Waals surface area contributed by atoms with Gasteiger partial charge >= 0.3 is 29.8 Å². The van der Waals surface area contributed by atoms with Crippen LogP contribution in [0, 0.1) is 23.7 Å².